The molecule has 3 nitrogen and oxygen atoms in total. The van der Waals surface area contributed by atoms with Gasteiger partial charge in [-0.1, -0.05) is 0 Å². The van der Waals surface area contributed by atoms with Crippen LogP contribution in [0.5, 0.6) is 0 Å². The minimum absolute atomic E-state index is 0.257. The molecule has 1 aromatic carbocycles. The third kappa shape index (κ3) is 1.88. The first-order valence-corrected chi connectivity index (χ1v) is 5.30. The Balaban J connectivity index is 2.64. The van der Waals surface area contributed by atoms with Gasteiger partial charge in [-0.15, -0.1) is 0 Å². The molecule has 2 aromatic rings. The van der Waals surface area contributed by atoms with E-state index >= 15 is 0 Å². The zero-order valence-electron chi connectivity index (χ0n) is 9.53. The van der Waals surface area contributed by atoms with Crippen molar-refractivity contribution in [2.45, 2.75) is 13.8 Å². The fraction of sp³-hybridized carbons (Fsp3) is 0.250. The van der Waals surface area contributed by atoms with Crippen LogP contribution in [0.1, 0.15) is 23.0 Å². The van der Waals surface area contributed by atoms with Crippen LogP contribution in [0.3, 0.4) is 0 Å². The number of hydrogen-bond donors (Lipinski definition) is 2. The van der Waals surface area contributed by atoms with E-state index in [1.165, 1.54) is 6.07 Å². The molecule has 5 heteroatoms. The summed E-state index contributed by atoms with van der Waals surface area (Å²) in [4.78, 5) is 14.4. The lowest BCUT2D eigenvalue weighted by Crippen LogP contribution is -2.23. The molecule has 17 heavy (non-hydrogen) atoms. The van der Waals surface area contributed by atoms with E-state index in [1.807, 2.05) is 0 Å². The van der Waals surface area contributed by atoms with E-state index in [-0.39, 0.29) is 17.0 Å². The highest BCUT2D eigenvalue weighted by Gasteiger charge is 2.17. The quantitative estimate of drug-likeness (QED) is 0.829. The molecule has 0 fully saturated rings. The molecule has 0 aliphatic rings. The molecule has 0 aliphatic carbocycles. The van der Waals surface area contributed by atoms with Gasteiger partial charge in [0.15, 0.2) is 0 Å². The lowest BCUT2D eigenvalue weighted by atomic mass is 10.1. The molecular weight excluding hydrogens is 226 g/mol. The number of rotatable bonds is 2. The van der Waals surface area contributed by atoms with Crippen molar-refractivity contribution in [2.24, 2.45) is 0 Å². The van der Waals surface area contributed by atoms with Crippen molar-refractivity contribution >= 4 is 16.8 Å². The number of carbonyl (C=O) groups is 1. The van der Waals surface area contributed by atoms with E-state index in [4.69, 9.17) is 0 Å². The molecule has 2 rings (SSSR count). The average Bonchev–Trinajstić information content (AvgIpc) is 2.56. The van der Waals surface area contributed by atoms with Crippen molar-refractivity contribution in [2.75, 3.05) is 6.54 Å². The molecule has 0 bridgehead atoms. The molecule has 90 valence electrons. The fourth-order valence-electron chi connectivity index (χ4n) is 1.88. The van der Waals surface area contributed by atoms with Crippen LogP contribution in [-0.4, -0.2) is 17.4 Å². The van der Waals surface area contributed by atoms with Crippen LogP contribution in [0.15, 0.2) is 12.1 Å². The Labute approximate surface area is 96.8 Å². The molecule has 0 unspecified atom stereocenters. The maximum absolute atomic E-state index is 13.6. The Morgan fingerprint density at radius 2 is 2.12 bits per heavy atom. The predicted octanol–water partition coefficient (Wildman–Crippen LogP) is 2.50. The van der Waals surface area contributed by atoms with E-state index in [0.29, 0.717) is 17.6 Å². The van der Waals surface area contributed by atoms with Crippen molar-refractivity contribution in [3.8, 4) is 0 Å². The topological polar surface area (TPSA) is 44.9 Å². The van der Waals surface area contributed by atoms with Crippen molar-refractivity contribution in [1.29, 1.82) is 0 Å². The first-order valence-electron chi connectivity index (χ1n) is 5.30. The number of aromatic amines is 1. The summed E-state index contributed by atoms with van der Waals surface area (Å²) in [5.41, 5.74) is 1.05. The lowest BCUT2D eigenvalue weighted by molar-refractivity contribution is 0.0951. The Morgan fingerprint density at radius 1 is 1.41 bits per heavy atom. The van der Waals surface area contributed by atoms with Gasteiger partial charge in [-0.2, -0.15) is 0 Å². The van der Waals surface area contributed by atoms with Gasteiger partial charge in [0.25, 0.3) is 5.91 Å². The van der Waals surface area contributed by atoms with Crippen LogP contribution in [0.4, 0.5) is 8.78 Å². The summed E-state index contributed by atoms with van der Waals surface area (Å²) in [6, 6.07) is 1.98. The van der Waals surface area contributed by atoms with Crippen LogP contribution >= 0.6 is 0 Å². The van der Waals surface area contributed by atoms with Gasteiger partial charge in [0.05, 0.1) is 5.52 Å². The standard InChI is InChI=1S/C12H12F2N2O/c1-3-15-12(17)11-6(2)10-8(14)4-7(13)5-9(10)16-11/h4-5,16H,3H2,1-2H3,(H,15,17). The van der Waals surface area contributed by atoms with Crippen molar-refractivity contribution in [3.05, 3.63) is 35.0 Å². The summed E-state index contributed by atoms with van der Waals surface area (Å²) in [5.74, 6) is -1.65. The average molecular weight is 238 g/mol. The van der Waals surface area contributed by atoms with E-state index in [1.54, 1.807) is 13.8 Å². The number of aromatic nitrogens is 1. The van der Waals surface area contributed by atoms with Gasteiger partial charge in [-0.25, -0.2) is 8.78 Å². The molecule has 1 aromatic heterocycles. The Kier molecular flexibility index (Phi) is 2.83. The normalized spacial score (nSPS) is 10.8. The first-order chi connectivity index (χ1) is 8.04. The van der Waals surface area contributed by atoms with Crippen molar-refractivity contribution in [1.82, 2.24) is 10.3 Å². The van der Waals surface area contributed by atoms with Gasteiger partial charge < -0.3 is 10.3 Å². The van der Waals surface area contributed by atoms with Crippen molar-refractivity contribution < 1.29 is 13.6 Å². The third-order valence-electron chi connectivity index (χ3n) is 2.63. The predicted molar refractivity (Wildman–Crippen MR) is 61.0 cm³/mol. The monoisotopic (exact) mass is 238 g/mol. The molecule has 0 spiro atoms. The molecule has 1 amide bonds. The Hall–Kier alpha value is -1.91. The lowest BCUT2D eigenvalue weighted by Gasteiger charge is -2.00. The second kappa shape index (κ2) is 4.16. The van der Waals surface area contributed by atoms with E-state index in [9.17, 15) is 13.6 Å². The third-order valence-corrected chi connectivity index (χ3v) is 2.63. The largest absolute Gasteiger partial charge is 0.351 e. The second-order valence-corrected chi connectivity index (χ2v) is 3.79. The minimum Gasteiger partial charge on any atom is -0.351 e. The van der Waals surface area contributed by atoms with Crippen LogP contribution in [0.2, 0.25) is 0 Å². The SMILES string of the molecule is CCNC(=O)c1[nH]c2cc(F)cc(F)c2c1C. The highest BCUT2D eigenvalue weighted by molar-refractivity contribution is 6.01. The summed E-state index contributed by atoms with van der Waals surface area (Å²) in [6.45, 7) is 3.89. The van der Waals surface area contributed by atoms with Crippen LogP contribution in [-0.2, 0) is 0 Å². The maximum atomic E-state index is 13.6. The van der Waals surface area contributed by atoms with Gasteiger partial charge in [-0.3, -0.25) is 4.79 Å². The number of halogens is 2. The minimum atomic E-state index is -0.668. The zero-order chi connectivity index (χ0) is 12.6. The molecule has 0 saturated heterocycles. The van der Waals surface area contributed by atoms with E-state index in [2.05, 4.69) is 10.3 Å². The molecule has 0 atom stereocenters. The molecule has 0 aliphatic heterocycles. The van der Waals surface area contributed by atoms with Crippen LogP contribution in [0.25, 0.3) is 10.9 Å². The first kappa shape index (κ1) is 11.6. The van der Waals surface area contributed by atoms with Gasteiger partial charge in [0.2, 0.25) is 0 Å². The molecule has 1 heterocycles. The number of aryl methyl sites for hydroxylation is 1. The summed E-state index contributed by atoms with van der Waals surface area (Å²) in [6.07, 6.45) is 0. The van der Waals surface area contributed by atoms with E-state index < -0.39 is 11.6 Å². The van der Waals surface area contributed by atoms with Gasteiger partial charge >= 0.3 is 0 Å². The summed E-state index contributed by atoms with van der Waals surface area (Å²) in [7, 11) is 0. The molecule has 2 N–H and O–H groups in total. The number of carbonyl (C=O) groups excluding carboxylic acids is 1. The highest BCUT2D eigenvalue weighted by Crippen LogP contribution is 2.25. The number of amides is 1. The summed E-state index contributed by atoms with van der Waals surface area (Å²) >= 11 is 0. The summed E-state index contributed by atoms with van der Waals surface area (Å²) in [5, 5.41) is 2.87. The smallest absolute Gasteiger partial charge is 0.268 e. The van der Waals surface area contributed by atoms with Gasteiger partial charge in [0.1, 0.15) is 17.3 Å². The molecule has 0 saturated carbocycles. The van der Waals surface area contributed by atoms with Crippen LogP contribution in [0, 0.1) is 18.6 Å². The highest BCUT2D eigenvalue weighted by atomic mass is 19.1. The van der Waals surface area contributed by atoms with Gasteiger partial charge in [0, 0.05) is 18.0 Å². The fourth-order valence-corrected chi connectivity index (χ4v) is 1.88. The van der Waals surface area contributed by atoms with Crippen molar-refractivity contribution in [3.63, 3.8) is 0 Å². The Morgan fingerprint density at radius 3 is 2.76 bits per heavy atom. The van der Waals surface area contributed by atoms with Crippen LogP contribution < -0.4 is 5.32 Å². The Bertz CT molecular complexity index is 590. The van der Waals surface area contributed by atoms with Gasteiger partial charge in [-0.05, 0) is 25.5 Å². The molecular formula is C12H12F2N2O. The number of H-pyrrole nitrogens is 1. The zero-order valence-corrected chi connectivity index (χ0v) is 9.53. The molecule has 0 radical (unpaired) electrons. The maximum Gasteiger partial charge on any atom is 0.268 e. The summed E-state index contributed by atoms with van der Waals surface area (Å²) < 4.78 is 26.6. The second-order valence-electron chi connectivity index (χ2n) is 3.79. The number of fused-ring (bicyclic) bond motifs is 1. The number of nitrogens with one attached hydrogen (secondary N) is 2. The number of benzene rings is 1. The van der Waals surface area contributed by atoms with E-state index in [0.717, 1.165) is 6.07 Å². The number of hydrogen-bond acceptors (Lipinski definition) is 1.